The standard InChI is InChI=1S/C20H21N3O2/c1-12-11-16(24-3)17(13-9-10-21-18(12)13)20(2,25-4)19-22-14-7-5-6-8-15(14)23-19/h5-11,21H,1-4H3,(H,22,23). The molecule has 1 atom stereocenters. The van der Waals surface area contributed by atoms with Gasteiger partial charge in [0.1, 0.15) is 11.6 Å². The van der Waals surface area contributed by atoms with Crippen LogP contribution in [0.2, 0.25) is 0 Å². The number of aromatic nitrogens is 3. The molecule has 4 aromatic rings. The van der Waals surface area contributed by atoms with Crippen LogP contribution in [0.3, 0.4) is 0 Å². The number of H-pyrrole nitrogens is 2. The van der Waals surface area contributed by atoms with Crippen LogP contribution in [0.1, 0.15) is 23.9 Å². The summed E-state index contributed by atoms with van der Waals surface area (Å²) in [5.74, 6) is 1.54. The first-order valence-electron chi connectivity index (χ1n) is 8.24. The predicted molar refractivity (Wildman–Crippen MR) is 99.1 cm³/mol. The van der Waals surface area contributed by atoms with Gasteiger partial charge in [0.15, 0.2) is 5.60 Å². The number of imidazole rings is 1. The third-order valence-electron chi connectivity index (χ3n) is 4.95. The van der Waals surface area contributed by atoms with Crippen LogP contribution < -0.4 is 4.74 Å². The van der Waals surface area contributed by atoms with Crippen LogP contribution in [0.5, 0.6) is 5.75 Å². The predicted octanol–water partition coefficient (Wildman–Crippen LogP) is 4.27. The van der Waals surface area contributed by atoms with Crippen LogP contribution >= 0.6 is 0 Å². The van der Waals surface area contributed by atoms with Gasteiger partial charge in [-0.25, -0.2) is 4.98 Å². The fourth-order valence-electron chi connectivity index (χ4n) is 3.53. The Balaban J connectivity index is 2.04. The zero-order valence-corrected chi connectivity index (χ0v) is 14.8. The molecule has 0 radical (unpaired) electrons. The molecule has 0 saturated carbocycles. The van der Waals surface area contributed by atoms with Crippen molar-refractivity contribution < 1.29 is 9.47 Å². The lowest BCUT2D eigenvalue weighted by Crippen LogP contribution is -2.28. The highest BCUT2D eigenvalue weighted by molar-refractivity contribution is 5.89. The van der Waals surface area contributed by atoms with E-state index in [0.717, 1.165) is 44.6 Å². The molecule has 25 heavy (non-hydrogen) atoms. The van der Waals surface area contributed by atoms with Gasteiger partial charge in [0, 0.05) is 29.8 Å². The van der Waals surface area contributed by atoms with Gasteiger partial charge in [0.05, 0.1) is 18.1 Å². The van der Waals surface area contributed by atoms with Gasteiger partial charge in [0.2, 0.25) is 0 Å². The number of nitrogens with one attached hydrogen (secondary N) is 2. The Morgan fingerprint density at radius 3 is 2.64 bits per heavy atom. The van der Waals surface area contributed by atoms with E-state index in [9.17, 15) is 0 Å². The lowest BCUT2D eigenvalue weighted by molar-refractivity contribution is 0.0316. The average Bonchev–Trinajstić information content (AvgIpc) is 3.28. The van der Waals surface area contributed by atoms with E-state index >= 15 is 0 Å². The van der Waals surface area contributed by atoms with Crippen molar-refractivity contribution in [2.75, 3.05) is 14.2 Å². The topological polar surface area (TPSA) is 62.9 Å². The number of fused-ring (bicyclic) bond motifs is 2. The molecule has 0 fully saturated rings. The van der Waals surface area contributed by atoms with Crippen molar-refractivity contribution in [3.05, 3.63) is 59.5 Å². The molecule has 5 nitrogen and oxygen atoms in total. The van der Waals surface area contributed by atoms with E-state index < -0.39 is 5.60 Å². The van der Waals surface area contributed by atoms with Crippen molar-refractivity contribution in [3.63, 3.8) is 0 Å². The number of hydrogen-bond acceptors (Lipinski definition) is 3. The third-order valence-corrected chi connectivity index (χ3v) is 4.95. The summed E-state index contributed by atoms with van der Waals surface area (Å²) in [5.41, 5.74) is 4.28. The fourth-order valence-corrected chi connectivity index (χ4v) is 3.53. The normalized spacial score (nSPS) is 14.1. The summed E-state index contributed by atoms with van der Waals surface area (Å²) in [7, 11) is 3.39. The second-order valence-electron chi connectivity index (χ2n) is 6.38. The minimum absolute atomic E-state index is 0.751. The van der Waals surface area contributed by atoms with E-state index in [1.165, 1.54) is 0 Å². The van der Waals surface area contributed by atoms with Crippen molar-refractivity contribution in [1.82, 2.24) is 15.0 Å². The lowest BCUT2D eigenvalue weighted by atomic mass is 9.89. The van der Waals surface area contributed by atoms with Gasteiger partial charge in [-0.15, -0.1) is 0 Å². The van der Waals surface area contributed by atoms with Crippen LogP contribution in [-0.4, -0.2) is 29.2 Å². The van der Waals surface area contributed by atoms with Crippen LogP contribution in [0.4, 0.5) is 0 Å². The number of ether oxygens (including phenoxy) is 2. The Kier molecular flexibility index (Phi) is 3.54. The number of hydrogen-bond donors (Lipinski definition) is 2. The first kappa shape index (κ1) is 15.7. The molecule has 2 heterocycles. The zero-order chi connectivity index (χ0) is 17.6. The molecule has 0 spiro atoms. The van der Waals surface area contributed by atoms with Crippen molar-refractivity contribution in [2.45, 2.75) is 19.4 Å². The molecule has 0 aliphatic rings. The summed E-state index contributed by atoms with van der Waals surface area (Å²) in [6.45, 7) is 4.08. The largest absolute Gasteiger partial charge is 0.496 e. The SMILES string of the molecule is COc1cc(C)c2[nH]ccc2c1C(C)(OC)c1nc2ccccc2[nH]1. The van der Waals surface area contributed by atoms with Gasteiger partial charge in [-0.3, -0.25) is 0 Å². The molecule has 0 amide bonds. The van der Waals surface area contributed by atoms with Gasteiger partial charge in [-0.2, -0.15) is 0 Å². The second-order valence-corrected chi connectivity index (χ2v) is 6.38. The number of benzene rings is 2. The first-order chi connectivity index (χ1) is 12.1. The number of aromatic amines is 2. The molecule has 0 aliphatic heterocycles. The number of nitrogens with zero attached hydrogens (tertiary/aromatic N) is 1. The minimum atomic E-state index is -0.779. The molecule has 0 aliphatic carbocycles. The molecular weight excluding hydrogens is 314 g/mol. The van der Waals surface area contributed by atoms with Crippen molar-refractivity contribution >= 4 is 21.9 Å². The number of rotatable bonds is 4. The highest BCUT2D eigenvalue weighted by Crippen LogP contribution is 2.43. The monoisotopic (exact) mass is 335 g/mol. The van der Waals surface area contributed by atoms with Crippen LogP contribution in [0, 0.1) is 6.92 Å². The number of aryl methyl sites for hydroxylation is 1. The molecular formula is C20H21N3O2. The zero-order valence-electron chi connectivity index (χ0n) is 14.8. The van der Waals surface area contributed by atoms with Crippen molar-refractivity contribution in [2.24, 2.45) is 0 Å². The Morgan fingerprint density at radius 2 is 1.92 bits per heavy atom. The molecule has 4 rings (SSSR count). The van der Waals surface area contributed by atoms with Gasteiger partial charge in [-0.05, 0) is 43.7 Å². The van der Waals surface area contributed by atoms with Gasteiger partial charge in [0.25, 0.3) is 0 Å². The summed E-state index contributed by atoms with van der Waals surface area (Å²) in [6, 6.07) is 12.1. The summed E-state index contributed by atoms with van der Waals surface area (Å²) in [4.78, 5) is 11.5. The van der Waals surface area contributed by atoms with Crippen LogP contribution in [0.15, 0.2) is 42.6 Å². The summed E-state index contributed by atoms with van der Waals surface area (Å²) in [5, 5.41) is 1.07. The van der Waals surface area contributed by atoms with E-state index in [2.05, 4.69) is 23.0 Å². The third kappa shape index (κ3) is 2.23. The van der Waals surface area contributed by atoms with E-state index in [4.69, 9.17) is 14.5 Å². The maximum atomic E-state index is 6.01. The maximum absolute atomic E-state index is 6.01. The molecule has 2 N–H and O–H groups in total. The van der Waals surface area contributed by atoms with Crippen molar-refractivity contribution in [3.8, 4) is 5.75 Å². The molecule has 5 heteroatoms. The van der Waals surface area contributed by atoms with Gasteiger partial charge >= 0.3 is 0 Å². The highest BCUT2D eigenvalue weighted by atomic mass is 16.5. The molecule has 2 aromatic heterocycles. The molecule has 128 valence electrons. The molecule has 0 bridgehead atoms. The van der Waals surface area contributed by atoms with Gasteiger partial charge in [-0.1, -0.05) is 12.1 Å². The summed E-state index contributed by atoms with van der Waals surface area (Å²) in [6.07, 6.45) is 1.94. The average molecular weight is 335 g/mol. The smallest absolute Gasteiger partial charge is 0.151 e. The van der Waals surface area contributed by atoms with Crippen LogP contribution in [-0.2, 0) is 10.3 Å². The van der Waals surface area contributed by atoms with E-state index in [-0.39, 0.29) is 0 Å². The second kappa shape index (κ2) is 5.63. The number of methoxy groups -OCH3 is 2. The fraction of sp³-hybridized carbons (Fsp3) is 0.250. The summed E-state index contributed by atoms with van der Waals surface area (Å²) < 4.78 is 11.7. The molecule has 0 saturated heterocycles. The first-order valence-corrected chi connectivity index (χ1v) is 8.24. The Bertz CT molecular complexity index is 1030. The quantitative estimate of drug-likeness (QED) is 0.585. The van der Waals surface area contributed by atoms with E-state index in [1.807, 2.05) is 43.5 Å². The van der Waals surface area contributed by atoms with Crippen LogP contribution in [0.25, 0.3) is 21.9 Å². The molecule has 1 unspecified atom stereocenters. The van der Waals surface area contributed by atoms with E-state index in [0.29, 0.717) is 0 Å². The lowest BCUT2D eigenvalue weighted by Gasteiger charge is -2.29. The highest BCUT2D eigenvalue weighted by Gasteiger charge is 2.37. The maximum Gasteiger partial charge on any atom is 0.151 e. The molecule has 2 aromatic carbocycles. The Hall–Kier alpha value is -2.79. The Morgan fingerprint density at radius 1 is 1.12 bits per heavy atom. The van der Waals surface area contributed by atoms with Gasteiger partial charge < -0.3 is 19.4 Å². The van der Waals surface area contributed by atoms with Crippen molar-refractivity contribution in [1.29, 1.82) is 0 Å². The summed E-state index contributed by atoms with van der Waals surface area (Å²) >= 11 is 0. The van der Waals surface area contributed by atoms with E-state index in [1.54, 1.807) is 14.2 Å². The Labute approximate surface area is 146 Å². The number of para-hydroxylation sites is 2. The minimum Gasteiger partial charge on any atom is -0.496 e.